The van der Waals surface area contributed by atoms with E-state index >= 15 is 0 Å². The summed E-state index contributed by atoms with van der Waals surface area (Å²) in [6, 6.07) is 0.800. The first-order valence-corrected chi connectivity index (χ1v) is 6.08. The third-order valence-corrected chi connectivity index (χ3v) is 3.20. The van der Waals surface area contributed by atoms with Gasteiger partial charge < -0.3 is 10.2 Å². The molecule has 0 saturated carbocycles. The molecule has 0 amide bonds. The molecule has 2 heteroatoms. The molecule has 1 aliphatic heterocycles. The van der Waals surface area contributed by atoms with E-state index < -0.39 is 0 Å². The second kappa shape index (κ2) is 5.72. The zero-order chi connectivity index (χ0) is 10.6. The van der Waals surface area contributed by atoms with Crippen molar-refractivity contribution in [1.82, 2.24) is 10.2 Å². The molecule has 14 heavy (non-hydrogen) atoms. The van der Waals surface area contributed by atoms with Crippen LogP contribution >= 0.6 is 0 Å². The number of hydrogen-bond acceptors (Lipinski definition) is 2. The molecule has 0 aromatic carbocycles. The van der Waals surface area contributed by atoms with E-state index in [0.29, 0.717) is 0 Å². The quantitative estimate of drug-likeness (QED) is 0.726. The van der Waals surface area contributed by atoms with Crippen molar-refractivity contribution in [2.24, 2.45) is 11.8 Å². The predicted molar refractivity (Wildman–Crippen MR) is 62.5 cm³/mol. The van der Waals surface area contributed by atoms with Crippen LogP contribution in [0.5, 0.6) is 0 Å². The summed E-state index contributed by atoms with van der Waals surface area (Å²) in [6.45, 7) is 14.1. The van der Waals surface area contributed by atoms with Gasteiger partial charge in [-0.2, -0.15) is 0 Å². The fraction of sp³-hybridized carbons (Fsp3) is 1.00. The third kappa shape index (κ3) is 3.58. The predicted octanol–water partition coefficient (Wildman–Crippen LogP) is 1.96. The largest absolute Gasteiger partial charge is 0.317 e. The number of likely N-dealkylation sites (tertiary alicyclic amines) is 1. The molecular weight excluding hydrogens is 172 g/mol. The van der Waals surface area contributed by atoms with E-state index in [1.165, 1.54) is 19.5 Å². The van der Waals surface area contributed by atoms with Crippen molar-refractivity contribution >= 4 is 0 Å². The van der Waals surface area contributed by atoms with Crippen LogP contribution in [0.15, 0.2) is 0 Å². The standard InChI is InChI=1S/C12H26N2/c1-5-13-7-11(3)9-14-8-10(2)6-12(14)4/h10-13H,5-9H2,1-4H3. The molecule has 2 nitrogen and oxygen atoms in total. The van der Waals surface area contributed by atoms with Gasteiger partial charge in [-0.05, 0) is 38.3 Å². The fourth-order valence-electron chi connectivity index (χ4n) is 2.50. The van der Waals surface area contributed by atoms with Crippen molar-refractivity contribution in [3.63, 3.8) is 0 Å². The molecule has 0 aliphatic carbocycles. The van der Waals surface area contributed by atoms with Gasteiger partial charge in [0.05, 0.1) is 0 Å². The first kappa shape index (κ1) is 12.0. The Kier molecular flexibility index (Phi) is 4.90. The Morgan fingerprint density at radius 2 is 2.14 bits per heavy atom. The molecule has 0 aromatic rings. The van der Waals surface area contributed by atoms with Crippen LogP contribution in [0.25, 0.3) is 0 Å². The van der Waals surface area contributed by atoms with Gasteiger partial charge in [0, 0.05) is 19.1 Å². The molecule has 1 saturated heterocycles. The summed E-state index contributed by atoms with van der Waals surface area (Å²) in [5.41, 5.74) is 0. The lowest BCUT2D eigenvalue weighted by atomic mass is 10.1. The average Bonchev–Trinajstić information content (AvgIpc) is 2.42. The van der Waals surface area contributed by atoms with Crippen LogP contribution < -0.4 is 5.32 Å². The molecule has 0 bridgehead atoms. The van der Waals surface area contributed by atoms with Crippen LogP contribution in [0.1, 0.15) is 34.1 Å². The Hall–Kier alpha value is -0.0800. The second-order valence-corrected chi connectivity index (χ2v) is 5.06. The molecule has 3 unspecified atom stereocenters. The normalized spacial score (nSPS) is 30.9. The van der Waals surface area contributed by atoms with Crippen LogP contribution in [0.2, 0.25) is 0 Å². The van der Waals surface area contributed by atoms with Crippen LogP contribution in [0.3, 0.4) is 0 Å². The van der Waals surface area contributed by atoms with Gasteiger partial charge in [-0.15, -0.1) is 0 Å². The number of nitrogens with zero attached hydrogens (tertiary/aromatic N) is 1. The Bertz CT molecular complexity index is 158. The zero-order valence-corrected chi connectivity index (χ0v) is 10.2. The molecule has 1 heterocycles. The van der Waals surface area contributed by atoms with Crippen molar-refractivity contribution in [1.29, 1.82) is 0 Å². The van der Waals surface area contributed by atoms with Crippen LogP contribution in [-0.4, -0.2) is 37.1 Å². The van der Waals surface area contributed by atoms with Gasteiger partial charge in [0.2, 0.25) is 0 Å². The molecular formula is C12H26N2. The highest BCUT2D eigenvalue weighted by Crippen LogP contribution is 2.22. The van der Waals surface area contributed by atoms with E-state index in [2.05, 4.69) is 37.9 Å². The summed E-state index contributed by atoms with van der Waals surface area (Å²) < 4.78 is 0. The maximum atomic E-state index is 3.42. The molecule has 0 spiro atoms. The van der Waals surface area contributed by atoms with E-state index in [0.717, 1.165) is 31.0 Å². The monoisotopic (exact) mass is 198 g/mol. The van der Waals surface area contributed by atoms with Crippen molar-refractivity contribution in [2.75, 3.05) is 26.2 Å². The molecule has 84 valence electrons. The lowest BCUT2D eigenvalue weighted by Gasteiger charge is -2.25. The fourth-order valence-corrected chi connectivity index (χ4v) is 2.50. The summed E-state index contributed by atoms with van der Waals surface area (Å²) >= 11 is 0. The molecule has 0 aromatic heterocycles. The summed E-state index contributed by atoms with van der Waals surface area (Å²) in [6.07, 6.45) is 1.38. The molecule has 1 aliphatic rings. The van der Waals surface area contributed by atoms with E-state index in [-0.39, 0.29) is 0 Å². The highest BCUT2D eigenvalue weighted by Gasteiger charge is 2.26. The lowest BCUT2D eigenvalue weighted by molar-refractivity contribution is 0.227. The highest BCUT2D eigenvalue weighted by molar-refractivity contribution is 4.81. The maximum Gasteiger partial charge on any atom is 0.00701 e. The molecule has 1 N–H and O–H groups in total. The minimum atomic E-state index is 0.780. The minimum absolute atomic E-state index is 0.780. The van der Waals surface area contributed by atoms with Crippen molar-refractivity contribution < 1.29 is 0 Å². The topological polar surface area (TPSA) is 15.3 Å². The second-order valence-electron chi connectivity index (χ2n) is 5.06. The van der Waals surface area contributed by atoms with E-state index in [1.807, 2.05) is 0 Å². The smallest absolute Gasteiger partial charge is 0.00701 e. The Morgan fingerprint density at radius 3 is 2.64 bits per heavy atom. The van der Waals surface area contributed by atoms with Gasteiger partial charge in [0.1, 0.15) is 0 Å². The molecule has 3 atom stereocenters. The highest BCUT2D eigenvalue weighted by atomic mass is 15.2. The van der Waals surface area contributed by atoms with Gasteiger partial charge in [0.25, 0.3) is 0 Å². The van der Waals surface area contributed by atoms with Crippen molar-refractivity contribution in [2.45, 2.75) is 40.2 Å². The van der Waals surface area contributed by atoms with Crippen LogP contribution in [0.4, 0.5) is 0 Å². The average molecular weight is 198 g/mol. The lowest BCUT2D eigenvalue weighted by Crippen LogP contribution is -2.35. The summed E-state index contributed by atoms with van der Waals surface area (Å²) in [5, 5.41) is 3.42. The van der Waals surface area contributed by atoms with E-state index in [1.54, 1.807) is 0 Å². The summed E-state index contributed by atoms with van der Waals surface area (Å²) in [7, 11) is 0. The van der Waals surface area contributed by atoms with Crippen LogP contribution in [-0.2, 0) is 0 Å². The van der Waals surface area contributed by atoms with Gasteiger partial charge in [-0.1, -0.05) is 20.8 Å². The Balaban J connectivity index is 2.22. The van der Waals surface area contributed by atoms with Crippen LogP contribution in [0, 0.1) is 11.8 Å². The molecule has 0 radical (unpaired) electrons. The summed E-state index contributed by atoms with van der Waals surface area (Å²) in [5.74, 6) is 1.68. The van der Waals surface area contributed by atoms with Gasteiger partial charge >= 0.3 is 0 Å². The number of nitrogens with one attached hydrogen (secondary N) is 1. The third-order valence-electron chi connectivity index (χ3n) is 3.20. The SMILES string of the molecule is CCNCC(C)CN1CC(C)CC1C. The van der Waals surface area contributed by atoms with Gasteiger partial charge in [0.15, 0.2) is 0 Å². The van der Waals surface area contributed by atoms with E-state index in [4.69, 9.17) is 0 Å². The minimum Gasteiger partial charge on any atom is -0.317 e. The van der Waals surface area contributed by atoms with Crippen molar-refractivity contribution in [3.8, 4) is 0 Å². The molecule has 1 fully saturated rings. The molecule has 1 rings (SSSR count). The van der Waals surface area contributed by atoms with Crippen molar-refractivity contribution in [3.05, 3.63) is 0 Å². The number of hydrogen-bond donors (Lipinski definition) is 1. The van der Waals surface area contributed by atoms with Gasteiger partial charge in [-0.3, -0.25) is 0 Å². The van der Waals surface area contributed by atoms with Gasteiger partial charge in [-0.25, -0.2) is 0 Å². The first-order chi connectivity index (χ1) is 6.63. The number of rotatable bonds is 5. The Labute approximate surface area is 89.1 Å². The maximum absolute atomic E-state index is 3.42. The Morgan fingerprint density at radius 1 is 1.43 bits per heavy atom. The summed E-state index contributed by atoms with van der Waals surface area (Å²) in [4.78, 5) is 2.65. The first-order valence-electron chi connectivity index (χ1n) is 6.08. The van der Waals surface area contributed by atoms with E-state index in [9.17, 15) is 0 Å². The zero-order valence-electron chi connectivity index (χ0n) is 10.2.